The molecule has 1 saturated heterocycles. The molecule has 128 valence electrons. The minimum Gasteiger partial charge on any atom is -0.332 e. The zero-order valence-electron chi connectivity index (χ0n) is 14.7. The molecule has 23 heavy (non-hydrogen) atoms. The number of carbonyl (C=O) groups excluding carboxylic acids is 1. The normalized spacial score (nSPS) is 28.9. The Hall–Kier alpha value is -1.17. The molecule has 2 fully saturated rings. The van der Waals surface area contributed by atoms with Crippen LogP contribution in [-0.4, -0.2) is 48.4 Å². The van der Waals surface area contributed by atoms with Gasteiger partial charge in [-0.25, -0.2) is 0 Å². The van der Waals surface area contributed by atoms with Crippen LogP contribution in [0.15, 0.2) is 6.07 Å². The van der Waals surface area contributed by atoms with Gasteiger partial charge in [-0.15, -0.1) is 0 Å². The standard InChI is InChI=1S/C17H27N3O2S/c1-11-12(2)23(22)9-8-19(11)16(21)14-10-15(13-6-7-13)20(18-14)17(3,4)5/h10-13H,6-9H2,1-5H3/t11-,12+,23+/m1/s1. The van der Waals surface area contributed by atoms with E-state index >= 15 is 0 Å². The summed E-state index contributed by atoms with van der Waals surface area (Å²) in [5.74, 6) is 1.09. The van der Waals surface area contributed by atoms with E-state index in [1.165, 1.54) is 18.5 Å². The van der Waals surface area contributed by atoms with E-state index in [1.54, 1.807) is 0 Å². The van der Waals surface area contributed by atoms with Crippen LogP contribution in [0.1, 0.15) is 69.6 Å². The Bertz CT molecular complexity index is 643. The van der Waals surface area contributed by atoms with Crippen LogP contribution in [0, 0.1) is 0 Å². The molecule has 6 heteroatoms. The van der Waals surface area contributed by atoms with E-state index in [-0.39, 0.29) is 22.7 Å². The zero-order valence-corrected chi connectivity index (χ0v) is 15.5. The zero-order chi connectivity index (χ0) is 16.9. The maximum Gasteiger partial charge on any atom is 0.274 e. The van der Waals surface area contributed by atoms with Crippen molar-refractivity contribution >= 4 is 16.7 Å². The topological polar surface area (TPSA) is 55.2 Å². The molecule has 1 saturated carbocycles. The highest BCUT2D eigenvalue weighted by molar-refractivity contribution is 7.85. The van der Waals surface area contributed by atoms with Gasteiger partial charge < -0.3 is 4.90 Å². The highest BCUT2D eigenvalue weighted by atomic mass is 32.2. The third-order valence-corrected chi connectivity index (χ3v) is 6.78. The Labute approximate surface area is 140 Å². The Morgan fingerprint density at radius 1 is 1.30 bits per heavy atom. The molecule has 0 radical (unpaired) electrons. The third kappa shape index (κ3) is 3.10. The number of aromatic nitrogens is 2. The number of rotatable bonds is 2. The van der Waals surface area contributed by atoms with Crippen LogP contribution in [-0.2, 0) is 16.3 Å². The average Bonchev–Trinajstić information content (AvgIpc) is 3.21. The van der Waals surface area contributed by atoms with Gasteiger partial charge >= 0.3 is 0 Å². The van der Waals surface area contributed by atoms with Crippen molar-refractivity contribution < 1.29 is 9.00 Å². The first-order valence-corrected chi connectivity index (χ1v) is 9.87. The van der Waals surface area contributed by atoms with Crippen molar-refractivity contribution in [2.24, 2.45) is 0 Å². The molecule has 0 unspecified atom stereocenters. The number of nitrogens with zero attached hydrogens (tertiary/aromatic N) is 3. The quantitative estimate of drug-likeness (QED) is 0.833. The molecular formula is C17H27N3O2S. The van der Waals surface area contributed by atoms with Crippen LogP contribution in [0.5, 0.6) is 0 Å². The second-order valence-electron chi connectivity index (χ2n) is 7.84. The molecular weight excluding hydrogens is 310 g/mol. The van der Waals surface area contributed by atoms with Gasteiger partial charge in [0.15, 0.2) is 5.69 Å². The predicted octanol–water partition coefficient (Wildman–Crippen LogP) is 2.50. The summed E-state index contributed by atoms with van der Waals surface area (Å²) >= 11 is 0. The number of hydrogen-bond acceptors (Lipinski definition) is 3. The minimum atomic E-state index is -0.839. The van der Waals surface area contributed by atoms with Gasteiger partial charge in [0.2, 0.25) is 0 Å². The second kappa shape index (κ2) is 5.72. The van der Waals surface area contributed by atoms with Crippen molar-refractivity contribution in [3.05, 3.63) is 17.5 Å². The summed E-state index contributed by atoms with van der Waals surface area (Å²) in [5.41, 5.74) is 1.59. The summed E-state index contributed by atoms with van der Waals surface area (Å²) in [6.07, 6.45) is 2.37. The largest absolute Gasteiger partial charge is 0.332 e. The molecule has 1 aromatic rings. The summed E-state index contributed by atoms with van der Waals surface area (Å²) in [5, 5.41) is 4.66. The van der Waals surface area contributed by atoms with Gasteiger partial charge in [0.05, 0.1) is 10.8 Å². The van der Waals surface area contributed by atoms with E-state index in [2.05, 4.69) is 25.9 Å². The number of amides is 1. The molecule has 0 bridgehead atoms. The average molecular weight is 337 g/mol. The summed E-state index contributed by atoms with van der Waals surface area (Å²) in [6.45, 7) is 10.9. The predicted molar refractivity (Wildman–Crippen MR) is 92.2 cm³/mol. The van der Waals surface area contributed by atoms with Crippen molar-refractivity contribution in [2.75, 3.05) is 12.3 Å². The van der Waals surface area contributed by atoms with Crippen LogP contribution in [0.2, 0.25) is 0 Å². The molecule has 2 aliphatic rings. The van der Waals surface area contributed by atoms with Crippen LogP contribution in [0.25, 0.3) is 0 Å². The highest BCUT2D eigenvalue weighted by Gasteiger charge is 2.37. The maximum atomic E-state index is 12.9. The monoisotopic (exact) mass is 337 g/mol. The van der Waals surface area contributed by atoms with E-state index in [0.717, 1.165) is 0 Å². The Morgan fingerprint density at radius 3 is 2.52 bits per heavy atom. The van der Waals surface area contributed by atoms with Crippen molar-refractivity contribution in [1.82, 2.24) is 14.7 Å². The maximum absolute atomic E-state index is 12.9. The molecule has 1 amide bonds. The van der Waals surface area contributed by atoms with Crippen molar-refractivity contribution in [1.29, 1.82) is 0 Å². The smallest absolute Gasteiger partial charge is 0.274 e. The van der Waals surface area contributed by atoms with Crippen LogP contribution in [0.3, 0.4) is 0 Å². The van der Waals surface area contributed by atoms with Gasteiger partial charge in [-0.2, -0.15) is 5.10 Å². The Morgan fingerprint density at radius 2 is 1.96 bits per heavy atom. The van der Waals surface area contributed by atoms with Gasteiger partial charge in [0.1, 0.15) is 0 Å². The van der Waals surface area contributed by atoms with Crippen molar-refractivity contribution in [3.63, 3.8) is 0 Å². The van der Waals surface area contributed by atoms with Gasteiger partial charge in [-0.1, -0.05) is 0 Å². The fraction of sp³-hybridized carbons (Fsp3) is 0.765. The van der Waals surface area contributed by atoms with Gasteiger partial charge in [0.25, 0.3) is 5.91 Å². The van der Waals surface area contributed by atoms with Crippen molar-refractivity contribution in [2.45, 2.75) is 70.2 Å². The molecule has 0 N–H and O–H groups in total. The molecule has 5 nitrogen and oxygen atoms in total. The minimum absolute atomic E-state index is 0.0127. The van der Waals surface area contributed by atoms with E-state index in [4.69, 9.17) is 0 Å². The molecule has 1 aromatic heterocycles. The lowest BCUT2D eigenvalue weighted by molar-refractivity contribution is 0.0688. The van der Waals surface area contributed by atoms with E-state index < -0.39 is 10.8 Å². The first kappa shape index (κ1) is 16.7. The fourth-order valence-electron chi connectivity index (χ4n) is 3.19. The van der Waals surface area contributed by atoms with Crippen molar-refractivity contribution in [3.8, 4) is 0 Å². The summed E-state index contributed by atoms with van der Waals surface area (Å²) in [7, 11) is -0.839. The van der Waals surface area contributed by atoms with Crippen LogP contribution < -0.4 is 0 Å². The second-order valence-corrected chi connectivity index (χ2v) is 9.75. The van der Waals surface area contributed by atoms with E-state index in [0.29, 0.717) is 23.9 Å². The van der Waals surface area contributed by atoms with Gasteiger partial charge in [-0.05, 0) is 53.5 Å². The molecule has 3 rings (SSSR count). The lowest BCUT2D eigenvalue weighted by Crippen LogP contribution is -2.52. The lowest BCUT2D eigenvalue weighted by Gasteiger charge is -2.36. The number of hydrogen-bond donors (Lipinski definition) is 0. The third-order valence-electron chi connectivity index (χ3n) is 4.97. The Kier molecular flexibility index (Phi) is 4.15. The molecule has 1 aliphatic heterocycles. The first-order chi connectivity index (χ1) is 10.7. The molecule has 0 spiro atoms. The molecule has 2 heterocycles. The molecule has 0 aromatic carbocycles. The van der Waals surface area contributed by atoms with Crippen LogP contribution in [0.4, 0.5) is 0 Å². The number of carbonyl (C=O) groups is 1. The SMILES string of the molecule is C[C@@H]1[C@H](C)[S@@](=O)CCN1C(=O)c1cc(C2CC2)n(C(C)(C)C)n1. The molecule has 1 aliphatic carbocycles. The summed E-state index contributed by atoms with van der Waals surface area (Å²) in [4.78, 5) is 14.8. The fourth-order valence-corrected chi connectivity index (χ4v) is 4.53. The van der Waals surface area contributed by atoms with E-state index in [1.807, 2.05) is 29.5 Å². The van der Waals surface area contributed by atoms with E-state index in [9.17, 15) is 9.00 Å². The summed E-state index contributed by atoms with van der Waals surface area (Å²) < 4.78 is 14.0. The van der Waals surface area contributed by atoms with Gasteiger partial charge in [0, 0.05) is 40.8 Å². The summed E-state index contributed by atoms with van der Waals surface area (Å²) in [6, 6.07) is 1.97. The van der Waals surface area contributed by atoms with Gasteiger partial charge in [-0.3, -0.25) is 13.7 Å². The van der Waals surface area contributed by atoms with Crippen LogP contribution >= 0.6 is 0 Å². The first-order valence-electron chi connectivity index (χ1n) is 8.48. The highest BCUT2D eigenvalue weighted by Crippen LogP contribution is 2.41. The molecule has 3 atom stereocenters. The Balaban J connectivity index is 1.89. The lowest BCUT2D eigenvalue weighted by atomic mass is 10.1.